The molecule has 1 amide bonds. The molecular weight excluding hydrogens is 488 g/mol. The molecule has 0 saturated heterocycles. The number of hydrogen-bond donors (Lipinski definition) is 2. The number of nitrogen functional groups attached to an aromatic ring is 1. The Morgan fingerprint density at radius 2 is 1.73 bits per heavy atom. The standard InChI is InChI=1S/C28H32N4O4S/c1-20(32(18-34)17-22-16-30-21(2)31-26(22)29)25(14-15-33)37-19-36-27(35)28(3,23-10-6-4-7-11-23)24-12-8-5-9-13-24/h4-13,16,18,33H,14-15,17,19H2,1-3H3,(H2,29,30,31). The molecule has 0 aliphatic rings. The molecule has 0 aliphatic heterocycles. The molecule has 0 unspecified atom stereocenters. The number of benzene rings is 2. The second-order valence-electron chi connectivity index (χ2n) is 8.59. The number of hydrogen-bond acceptors (Lipinski definition) is 8. The first kappa shape index (κ1) is 27.9. The summed E-state index contributed by atoms with van der Waals surface area (Å²) < 4.78 is 5.77. The number of aryl methyl sites for hydroxylation is 1. The summed E-state index contributed by atoms with van der Waals surface area (Å²) in [6.45, 7) is 5.42. The van der Waals surface area contributed by atoms with Gasteiger partial charge in [-0.25, -0.2) is 9.97 Å². The summed E-state index contributed by atoms with van der Waals surface area (Å²) in [5, 5.41) is 9.64. The average Bonchev–Trinajstić information content (AvgIpc) is 2.92. The first-order valence-corrected chi connectivity index (χ1v) is 12.8. The molecular formula is C28H32N4O4S. The van der Waals surface area contributed by atoms with Gasteiger partial charge in [0.25, 0.3) is 0 Å². The van der Waals surface area contributed by atoms with Crippen LogP contribution in [-0.4, -0.2) is 44.9 Å². The van der Waals surface area contributed by atoms with Gasteiger partial charge in [-0.15, -0.1) is 0 Å². The van der Waals surface area contributed by atoms with Crippen molar-refractivity contribution in [1.29, 1.82) is 0 Å². The van der Waals surface area contributed by atoms with Crippen LogP contribution in [0.1, 0.15) is 42.8 Å². The molecule has 3 N–H and O–H groups in total. The number of amides is 1. The van der Waals surface area contributed by atoms with Gasteiger partial charge in [0.2, 0.25) is 6.41 Å². The van der Waals surface area contributed by atoms with Gasteiger partial charge >= 0.3 is 5.97 Å². The first-order valence-electron chi connectivity index (χ1n) is 11.8. The van der Waals surface area contributed by atoms with E-state index in [-0.39, 0.29) is 19.1 Å². The highest BCUT2D eigenvalue weighted by Crippen LogP contribution is 2.34. The van der Waals surface area contributed by atoms with E-state index in [0.29, 0.717) is 35.7 Å². The summed E-state index contributed by atoms with van der Waals surface area (Å²) in [7, 11) is 0. The highest BCUT2D eigenvalue weighted by atomic mass is 32.2. The number of aliphatic hydroxyl groups is 1. The lowest BCUT2D eigenvalue weighted by Crippen LogP contribution is -2.35. The third-order valence-electron chi connectivity index (χ3n) is 6.19. The van der Waals surface area contributed by atoms with Crippen molar-refractivity contribution in [3.63, 3.8) is 0 Å². The lowest BCUT2D eigenvalue weighted by molar-refractivity contribution is -0.146. The molecule has 0 fully saturated rings. The smallest absolute Gasteiger partial charge is 0.321 e. The predicted octanol–water partition coefficient (Wildman–Crippen LogP) is 4.18. The number of esters is 1. The van der Waals surface area contributed by atoms with E-state index in [1.54, 1.807) is 20.0 Å². The van der Waals surface area contributed by atoms with Gasteiger partial charge in [-0.1, -0.05) is 72.4 Å². The normalized spacial score (nSPS) is 12.0. The minimum absolute atomic E-state index is 0.0171. The lowest BCUT2D eigenvalue weighted by atomic mass is 9.76. The van der Waals surface area contributed by atoms with Crippen LogP contribution < -0.4 is 5.73 Å². The van der Waals surface area contributed by atoms with Crippen molar-refractivity contribution in [3.05, 3.63) is 100.0 Å². The maximum Gasteiger partial charge on any atom is 0.321 e. The van der Waals surface area contributed by atoms with Crippen molar-refractivity contribution in [2.45, 2.75) is 39.2 Å². The van der Waals surface area contributed by atoms with E-state index >= 15 is 0 Å². The number of thioether (sulfide) groups is 1. The van der Waals surface area contributed by atoms with Crippen molar-refractivity contribution >= 4 is 30.0 Å². The van der Waals surface area contributed by atoms with Crippen molar-refractivity contribution < 1.29 is 19.4 Å². The van der Waals surface area contributed by atoms with Crippen LogP contribution in [0.5, 0.6) is 0 Å². The van der Waals surface area contributed by atoms with Crippen LogP contribution in [0.2, 0.25) is 0 Å². The molecule has 1 heterocycles. The number of nitrogens with zero attached hydrogens (tertiary/aromatic N) is 3. The van der Waals surface area contributed by atoms with Gasteiger partial charge < -0.3 is 20.5 Å². The number of carbonyl (C=O) groups excluding carboxylic acids is 2. The molecule has 0 spiro atoms. The zero-order valence-corrected chi connectivity index (χ0v) is 22.1. The maximum absolute atomic E-state index is 13.5. The number of nitrogens with two attached hydrogens (primary N) is 1. The Kier molecular flexibility index (Phi) is 9.82. The van der Waals surface area contributed by atoms with E-state index in [2.05, 4.69) is 9.97 Å². The molecule has 0 saturated carbocycles. The summed E-state index contributed by atoms with van der Waals surface area (Å²) in [5.41, 5.74) is 7.87. The number of aromatic nitrogens is 2. The van der Waals surface area contributed by atoms with E-state index in [4.69, 9.17) is 10.5 Å². The molecule has 0 radical (unpaired) electrons. The Hall–Kier alpha value is -3.69. The monoisotopic (exact) mass is 520 g/mol. The molecule has 0 bridgehead atoms. The fourth-order valence-corrected chi connectivity index (χ4v) is 4.79. The van der Waals surface area contributed by atoms with E-state index in [1.807, 2.05) is 67.6 Å². The summed E-state index contributed by atoms with van der Waals surface area (Å²) in [6.07, 6.45) is 2.59. The van der Waals surface area contributed by atoms with Crippen molar-refractivity contribution in [2.24, 2.45) is 0 Å². The van der Waals surface area contributed by atoms with Crippen molar-refractivity contribution in [2.75, 3.05) is 18.3 Å². The lowest BCUT2D eigenvalue weighted by Gasteiger charge is -2.29. The third-order valence-corrected chi connectivity index (χ3v) is 7.28. The quantitative estimate of drug-likeness (QED) is 0.207. The van der Waals surface area contributed by atoms with Crippen LogP contribution in [0.3, 0.4) is 0 Å². The van der Waals surface area contributed by atoms with E-state index < -0.39 is 11.4 Å². The number of ether oxygens (including phenoxy) is 1. The molecule has 9 heteroatoms. The SMILES string of the molecule is CC(=C(CCO)SCOC(=O)C(C)(c1ccccc1)c1ccccc1)N(C=O)Cc1cnc(C)nc1N. The fourth-order valence-electron chi connectivity index (χ4n) is 3.92. The summed E-state index contributed by atoms with van der Waals surface area (Å²) in [4.78, 5) is 35.9. The molecule has 3 rings (SSSR count). The van der Waals surface area contributed by atoms with Crippen molar-refractivity contribution in [3.8, 4) is 0 Å². The molecule has 0 atom stereocenters. The number of carbonyl (C=O) groups is 2. The molecule has 3 aromatic rings. The topological polar surface area (TPSA) is 119 Å². The van der Waals surface area contributed by atoms with Crippen LogP contribution in [0.15, 0.2) is 77.5 Å². The largest absolute Gasteiger partial charge is 0.453 e. The van der Waals surface area contributed by atoms with Gasteiger partial charge in [-0.3, -0.25) is 9.59 Å². The summed E-state index contributed by atoms with van der Waals surface area (Å²) >= 11 is 1.26. The third kappa shape index (κ3) is 6.75. The number of anilines is 1. The number of allylic oxidation sites excluding steroid dienone is 1. The summed E-state index contributed by atoms with van der Waals surface area (Å²) in [6, 6.07) is 19.0. The molecule has 194 valence electrons. The fraction of sp³-hybridized carbons (Fsp3) is 0.286. The number of rotatable bonds is 12. The number of aliphatic hydroxyl groups excluding tert-OH is 1. The second-order valence-corrected chi connectivity index (χ2v) is 9.61. The van der Waals surface area contributed by atoms with Gasteiger partial charge in [-0.05, 0) is 31.9 Å². The Bertz CT molecular complexity index is 1200. The maximum atomic E-state index is 13.5. The zero-order valence-electron chi connectivity index (χ0n) is 21.3. The predicted molar refractivity (Wildman–Crippen MR) is 145 cm³/mol. The Balaban J connectivity index is 1.78. The summed E-state index contributed by atoms with van der Waals surface area (Å²) in [5.74, 6) is 0.472. The van der Waals surface area contributed by atoms with Crippen LogP contribution in [0, 0.1) is 6.92 Å². The van der Waals surface area contributed by atoms with E-state index in [9.17, 15) is 14.7 Å². The highest BCUT2D eigenvalue weighted by molar-refractivity contribution is 8.02. The van der Waals surface area contributed by atoms with Gasteiger partial charge in [0.15, 0.2) is 0 Å². The van der Waals surface area contributed by atoms with Gasteiger partial charge in [0.1, 0.15) is 23.0 Å². The minimum Gasteiger partial charge on any atom is -0.453 e. The molecule has 37 heavy (non-hydrogen) atoms. The van der Waals surface area contributed by atoms with E-state index in [1.165, 1.54) is 16.7 Å². The van der Waals surface area contributed by atoms with Crippen LogP contribution in [0.25, 0.3) is 0 Å². The minimum atomic E-state index is -1.00. The Morgan fingerprint density at radius 1 is 1.14 bits per heavy atom. The van der Waals surface area contributed by atoms with Crippen molar-refractivity contribution in [1.82, 2.24) is 14.9 Å². The molecule has 1 aromatic heterocycles. The van der Waals surface area contributed by atoms with Crippen LogP contribution in [0.4, 0.5) is 5.82 Å². The van der Waals surface area contributed by atoms with Crippen LogP contribution in [-0.2, 0) is 26.3 Å². The molecule has 8 nitrogen and oxygen atoms in total. The van der Waals surface area contributed by atoms with Gasteiger partial charge in [0.05, 0.1) is 6.54 Å². The van der Waals surface area contributed by atoms with E-state index in [0.717, 1.165) is 16.0 Å². The zero-order chi connectivity index (χ0) is 26.8. The molecule has 2 aromatic carbocycles. The highest BCUT2D eigenvalue weighted by Gasteiger charge is 2.38. The van der Waals surface area contributed by atoms with Crippen LogP contribution >= 0.6 is 11.8 Å². The Labute approximate surface area is 221 Å². The van der Waals surface area contributed by atoms with Gasteiger partial charge in [-0.2, -0.15) is 0 Å². The second kappa shape index (κ2) is 13.0. The first-order chi connectivity index (χ1) is 17.8. The van der Waals surface area contributed by atoms with Gasteiger partial charge in [0, 0.05) is 35.4 Å². The average molecular weight is 521 g/mol. The molecule has 0 aliphatic carbocycles. The Morgan fingerprint density at radius 3 is 2.24 bits per heavy atom.